The Hall–Kier alpha value is -2.40. The van der Waals surface area contributed by atoms with Crippen molar-refractivity contribution in [2.45, 2.75) is 12.1 Å². The van der Waals surface area contributed by atoms with Gasteiger partial charge in [0.15, 0.2) is 0 Å². The van der Waals surface area contributed by atoms with Gasteiger partial charge in [-0.3, -0.25) is 0 Å². The minimum Gasteiger partial charge on any atom is -0.404 e. The van der Waals surface area contributed by atoms with Crippen molar-refractivity contribution in [3.63, 3.8) is 0 Å². The lowest BCUT2D eigenvalue weighted by Crippen LogP contribution is -2.39. The van der Waals surface area contributed by atoms with Crippen molar-refractivity contribution in [2.75, 3.05) is 20.7 Å². The monoisotopic (exact) mass is 357 g/mol. The summed E-state index contributed by atoms with van der Waals surface area (Å²) in [5.41, 5.74) is 3.95. The van der Waals surface area contributed by atoms with E-state index < -0.39 is 5.60 Å². The molecule has 0 unspecified atom stereocenters. The summed E-state index contributed by atoms with van der Waals surface area (Å²) >= 11 is 0. The van der Waals surface area contributed by atoms with E-state index in [0.717, 1.165) is 23.1 Å². The number of hydrogen-bond acceptors (Lipinski definition) is 3. The predicted molar refractivity (Wildman–Crippen MR) is 110 cm³/mol. The van der Waals surface area contributed by atoms with Gasteiger partial charge in [-0.15, -0.1) is 0 Å². The fourth-order valence-corrected chi connectivity index (χ4v) is 3.73. The average molecular weight is 357 g/mol. The van der Waals surface area contributed by atoms with Crippen molar-refractivity contribution in [3.05, 3.63) is 102 Å². The van der Waals surface area contributed by atoms with Gasteiger partial charge in [-0.1, -0.05) is 84.9 Å². The lowest BCUT2D eigenvalue weighted by molar-refractivity contribution is 0.139. The Labute approximate surface area is 161 Å². The zero-order valence-electron chi connectivity index (χ0n) is 15.8. The van der Waals surface area contributed by atoms with Gasteiger partial charge in [0.05, 0.1) is 6.61 Å². The molecule has 1 aliphatic heterocycles. The molecule has 1 fully saturated rings. The molecule has 1 saturated heterocycles. The summed E-state index contributed by atoms with van der Waals surface area (Å²) < 4.78 is 12.9. The van der Waals surface area contributed by atoms with Crippen LogP contribution in [-0.4, -0.2) is 32.7 Å². The molecule has 1 aliphatic rings. The van der Waals surface area contributed by atoms with Crippen molar-refractivity contribution in [1.29, 1.82) is 0 Å². The molecule has 4 heteroatoms. The van der Waals surface area contributed by atoms with Crippen LogP contribution in [0.15, 0.2) is 84.9 Å². The fraction of sp³-hybridized carbons (Fsp3) is 0.217. The first kappa shape index (κ1) is 18.0. The molecule has 27 heavy (non-hydrogen) atoms. The minimum atomic E-state index is -0.599. The maximum Gasteiger partial charge on any atom is 0.495 e. The lowest BCUT2D eigenvalue weighted by Gasteiger charge is -2.29. The normalized spacial score (nSPS) is 16.0. The van der Waals surface area contributed by atoms with Crippen LogP contribution in [0.1, 0.15) is 16.7 Å². The first-order valence-corrected chi connectivity index (χ1v) is 9.32. The molecular weight excluding hydrogens is 333 g/mol. The SMILES string of the molecule is CN(C)Cc1ccccc1B1OCC(c2ccccc2)(c2ccccc2)O1. The van der Waals surface area contributed by atoms with E-state index in [0.29, 0.717) is 6.61 Å². The zero-order chi connectivity index (χ0) is 18.7. The van der Waals surface area contributed by atoms with Gasteiger partial charge in [-0.2, -0.15) is 0 Å². The summed E-state index contributed by atoms with van der Waals surface area (Å²) in [4.78, 5) is 2.16. The zero-order valence-corrected chi connectivity index (χ0v) is 15.8. The lowest BCUT2D eigenvalue weighted by atomic mass is 9.75. The largest absolute Gasteiger partial charge is 0.495 e. The van der Waals surface area contributed by atoms with Gasteiger partial charge >= 0.3 is 7.12 Å². The molecule has 0 spiro atoms. The van der Waals surface area contributed by atoms with Crippen LogP contribution in [0.5, 0.6) is 0 Å². The first-order chi connectivity index (χ1) is 13.2. The molecule has 3 nitrogen and oxygen atoms in total. The molecule has 0 atom stereocenters. The molecule has 4 rings (SSSR count). The van der Waals surface area contributed by atoms with Crippen LogP contribution in [0, 0.1) is 0 Å². The molecule has 0 bridgehead atoms. The smallest absolute Gasteiger partial charge is 0.404 e. The van der Waals surface area contributed by atoms with Crippen molar-refractivity contribution in [2.24, 2.45) is 0 Å². The molecule has 0 amide bonds. The van der Waals surface area contributed by atoms with Crippen LogP contribution in [0.3, 0.4) is 0 Å². The Kier molecular flexibility index (Phi) is 5.12. The highest BCUT2D eigenvalue weighted by molar-refractivity contribution is 6.62. The van der Waals surface area contributed by atoms with Crippen LogP contribution in [-0.2, 0) is 21.5 Å². The molecule has 0 saturated carbocycles. The maximum absolute atomic E-state index is 6.69. The van der Waals surface area contributed by atoms with E-state index in [1.54, 1.807) is 0 Å². The van der Waals surface area contributed by atoms with E-state index in [-0.39, 0.29) is 7.12 Å². The topological polar surface area (TPSA) is 21.7 Å². The van der Waals surface area contributed by atoms with Gasteiger partial charge < -0.3 is 14.2 Å². The summed E-state index contributed by atoms with van der Waals surface area (Å²) in [6.45, 7) is 1.34. The second-order valence-electron chi connectivity index (χ2n) is 7.26. The summed E-state index contributed by atoms with van der Waals surface area (Å²) in [7, 11) is 3.76. The number of rotatable bonds is 5. The molecule has 1 heterocycles. The number of nitrogens with zero attached hydrogens (tertiary/aromatic N) is 1. The maximum atomic E-state index is 6.69. The predicted octanol–water partition coefficient (Wildman–Crippen LogP) is 3.43. The molecule has 0 aliphatic carbocycles. The molecule has 0 aromatic heterocycles. The number of hydrogen-bond donors (Lipinski definition) is 0. The van der Waals surface area contributed by atoms with Crippen LogP contribution < -0.4 is 5.46 Å². The quantitative estimate of drug-likeness (QED) is 0.653. The minimum absolute atomic E-state index is 0.387. The summed E-state index contributed by atoms with van der Waals surface area (Å²) in [6.07, 6.45) is 0. The van der Waals surface area contributed by atoms with Gasteiger partial charge in [0, 0.05) is 6.54 Å². The fourth-order valence-electron chi connectivity index (χ4n) is 3.73. The molecule has 3 aromatic carbocycles. The van der Waals surface area contributed by atoms with Crippen LogP contribution in [0.25, 0.3) is 0 Å². The van der Waals surface area contributed by atoms with Gasteiger partial charge in [-0.25, -0.2) is 0 Å². The highest BCUT2D eigenvalue weighted by atomic mass is 16.7. The van der Waals surface area contributed by atoms with Crippen molar-refractivity contribution in [1.82, 2.24) is 4.90 Å². The average Bonchev–Trinajstić information content (AvgIpc) is 3.16. The summed E-state index contributed by atoms with van der Waals surface area (Å²) in [5.74, 6) is 0. The summed E-state index contributed by atoms with van der Waals surface area (Å²) in [6, 6.07) is 29.1. The van der Waals surface area contributed by atoms with Gasteiger partial charge in [-0.05, 0) is 36.2 Å². The molecule has 0 radical (unpaired) electrons. The molecule has 136 valence electrons. The highest BCUT2D eigenvalue weighted by Gasteiger charge is 2.47. The van der Waals surface area contributed by atoms with Gasteiger partial charge in [0.2, 0.25) is 0 Å². The second-order valence-corrected chi connectivity index (χ2v) is 7.26. The Morgan fingerprint density at radius 3 is 1.96 bits per heavy atom. The van der Waals surface area contributed by atoms with Crippen molar-refractivity contribution >= 4 is 12.6 Å². The van der Waals surface area contributed by atoms with E-state index in [1.807, 2.05) is 18.2 Å². The van der Waals surface area contributed by atoms with E-state index in [4.69, 9.17) is 9.31 Å². The van der Waals surface area contributed by atoms with Crippen molar-refractivity contribution in [3.8, 4) is 0 Å². The van der Waals surface area contributed by atoms with E-state index in [1.165, 1.54) is 5.56 Å². The summed E-state index contributed by atoms with van der Waals surface area (Å²) in [5, 5.41) is 0. The highest BCUT2D eigenvalue weighted by Crippen LogP contribution is 2.38. The van der Waals surface area contributed by atoms with E-state index >= 15 is 0 Å². The molecule has 0 N–H and O–H groups in total. The van der Waals surface area contributed by atoms with Gasteiger partial charge in [0.1, 0.15) is 5.60 Å². The Morgan fingerprint density at radius 2 is 1.37 bits per heavy atom. The Bertz CT molecular complexity index is 844. The first-order valence-electron chi connectivity index (χ1n) is 9.32. The van der Waals surface area contributed by atoms with E-state index in [9.17, 15) is 0 Å². The number of benzene rings is 3. The third kappa shape index (κ3) is 3.56. The van der Waals surface area contributed by atoms with Crippen molar-refractivity contribution < 1.29 is 9.31 Å². The molecular formula is C23H24BNO2. The van der Waals surface area contributed by atoms with E-state index in [2.05, 4.69) is 85.7 Å². The Morgan fingerprint density at radius 1 is 0.815 bits per heavy atom. The van der Waals surface area contributed by atoms with Gasteiger partial charge in [0.25, 0.3) is 0 Å². The standard InChI is InChI=1S/C23H24BNO2/c1-25(2)17-19-11-9-10-16-22(19)24-26-18-23(27-24,20-12-5-3-6-13-20)21-14-7-4-8-15-21/h3-16H,17-18H2,1-2H3. The Balaban J connectivity index is 1.74. The van der Waals surface area contributed by atoms with Crippen LogP contribution in [0.2, 0.25) is 0 Å². The molecule has 3 aromatic rings. The third-order valence-corrected chi connectivity index (χ3v) is 5.02. The van der Waals surface area contributed by atoms with Crippen LogP contribution >= 0.6 is 0 Å². The third-order valence-electron chi connectivity index (χ3n) is 5.02. The van der Waals surface area contributed by atoms with Crippen LogP contribution in [0.4, 0.5) is 0 Å². The second kappa shape index (κ2) is 7.69.